The summed E-state index contributed by atoms with van der Waals surface area (Å²) in [6, 6.07) is 26.4. The van der Waals surface area contributed by atoms with Gasteiger partial charge in [0.2, 0.25) is 0 Å². The third-order valence-corrected chi connectivity index (χ3v) is 3.90. The van der Waals surface area contributed by atoms with Crippen molar-refractivity contribution < 1.29 is 13.5 Å². The first-order valence-electron chi connectivity index (χ1n) is 8.22. The van der Waals surface area contributed by atoms with Crippen molar-refractivity contribution in [3.63, 3.8) is 0 Å². The minimum Gasteiger partial charge on any atom is -0.371 e. The van der Waals surface area contributed by atoms with E-state index in [0.29, 0.717) is 0 Å². The minimum absolute atomic E-state index is 0.191. The SMILES string of the molecule is CC(F)(F)COCc1ccc(-c2ccc(-c3ccccc3)cc2)cc1. The molecular weight excluding hydrogens is 318 g/mol. The Morgan fingerprint density at radius 3 is 1.60 bits per heavy atom. The fourth-order valence-electron chi connectivity index (χ4n) is 2.63. The lowest BCUT2D eigenvalue weighted by molar-refractivity contribution is -0.0673. The summed E-state index contributed by atoms with van der Waals surface area (Å²) in [6.45, 7) is 0.488. The number of ether oxygens (including phenoxy) is 1. The molecule has 3 heteroatoms. The van der Waals surface area contributed by atoms with Gasteiger partial charge in [-0.25, -0.2) is 8.78 Å². The van der Waals surface area contributed by atoms with Gasteiger partial charge in [-0.15, -0.1) is 0 Å². The number of benzene rings is 3. The highest BCUT2D eigenvalue weighted by Crippen LogP contribution is 2.25. The van der Waals surface area contributed by atoms with Crippen molar-refractivity contribution in [2.24, 2.45) is 0 Å². The van der Waals surface area contributed by atoms with Crippen LogP contribution in [0.2, 0.25) is 0 Å². The van der Waals surface area contributed by atoms with E-state index < -0.39 is 12.5 Å². The lowest BCUT2D eigenvalue weighted by Crippen LogP contribution is -2.18. The number of alkyl halides is 2. The third kappa shape index (κ3) is 4.97. The molecule has 0 heterocycles. The summed E-state index contributed by atoms with van der Waals surface area (Å²) >= 11 is 0. The Kier molecular flexibility index (Phi) is 5.25. The Morgan fingerprint density at radius 2 is 1.12 bits per heavy atom. The molecule has 0 unspecified atom stereocenters. The molecule has 0 aliphatic heterocycles. The first-order chi connectivity index (χ1) is 12.0. The van der Waals surface area contributed by atoms with Crippen molar-refractivity contribution in [3.8, 4) is 22.3 Å². The molecule has 0 atom stereocenters. The summed E-state index contributed by atoms with van der Waals surface area (Å²) < 4.78 is 30.5. The van der Waals surface area contributed by atoms with Gasteiger partial charge in [0, 0.05) is 6.92 Å². The molecule has 0 amide bonds. The van der Waals surface area contributed by atoms with Crippen molar-refractivity contribution in [1.82, 2.24) is 0 Å². The van der Waals surface area contributed by atoms with Gasteiger partial charge in [-0.1, -0.05) is 78.9 Å². The van der Waals surface area contributed by atoms with Gasteiger partial charge in [0.15, 0.2) is 0 Å². The molecule has 3 aromatic rings. The van der Waals surface area contributed by atoms with Crippen LogP contribution in [0.3, 0.4) is 0 Å². The van der Waals surface area contributed by atoms with Crippen LogP contribution >= 0.6 is 0 Å². The highest BCUT2D eigenvalue weighted by atomic mass is 19.3. The molecule has 1 nitrogen and oxygen atoms in total. The van der Waals surface area contributed by atoms with E-state index >= 15 is 0 Å². The maximum absolute atomic E-state index is 12.7. The summed E-state index contributed by atoms with van der Waals surface area (Å²) in [5, 5.41) is 0. The lowest BCUT2D eigenvalue weighted by atomic mass is 10.00. The number of halogens is 2. The van der Waals surface area contributed by atoms with Crippen LogP contribution in [0.1, 0.15) is 12.5 Å². The smallest absolute Gasteiger partial charge is 0.268 e. The predicted molar refractivity (Wildman–Crippen MR) is 97.6 cm³/mol. The minimum atomic E-state index is -2.79. The second-order valence-corrected chi connectivity index (χ2v) is 6.20. The van der Waals surface area contributed by atoms with E-state index in [1.54, 1.807) is 0 Å². The van der Waals surface area contributed by atoms with E-state index in [1.807, 2.05) is 42.5 Å². The van der Waals surface area contributed by atoms with E-state index in [-0.39, 0.29) is 6.61 Å². The van der Waals surface area contributed by atoms with Gasteiger partial charge in [-0.05, 0) is 27.8 Å². The average molecular weight is 338 g/mol. The zero-order chi connectivity index (χ0) is 17.7. The van der Waals surface area contributed by atoms with Gasteiger partial charge < -0.3 is 4.74 Å². The van der Waals surface area contributed by atoms with Gasteiger partial charge in [-0.2, -0.15) is 0 Å². The Labute approximate surface area is 146 Å². The van der Waals surface area contributed by atoms with E-state index in [0.717, 1.165) is 23.6 Å². The van der Waals surface area contributed by atoms with Gasteiger partial charge in [-0.3, -0.25) is 0 Å². The summed E-state index contributed by atoms with van der Waals surface area (Å²) in [4.78, 5) is 0. The topological polar surface area (TPSA) is 9.23 Å². The quantitative estimate of drug-likeness (QED) is 0.520. The summed E-state index contributed by atoms with van der Waals surface area (Å²) in [5.41, 5.74) is 5.45. The zero-order valence-corrected chi connectivity index (χ0v) is 14.1. The largest absolute Gasteiger partial charge is 0.371 e. The monoisotopic (exact) mass is 338 g/mol. The van der Waals surface area contributed by atoms with Crippen LogP contribution in [-0.2, 0) is 11.3 Å². The summed E-state index contributed by atoms with van der Waals surface area (Å²) in [5.74, 6) is -2.79. The molecule has 3 rings (SSSR count). The molecular formula is C22H20F2O. The van der Waals surface area contributed by atoms with Crippen molar-refractivity contribution in [2.45, 2.75) is 19.5 Å². The highest BCUT2D eigenvalue weighted by Gasteiger charge is 2.20. The van der Waals surface area contributed by atoms with E-state index in [9.17, 15) is 8.78 Å². The van der Waals surface area contributed by atoms with Gasteiger partial charge in [0.1, 0.15) is 6.61 Å². The van der Waals surface area contributed by atoms with Gasteiger partial charge in [0.25, 0.3) is 5.92 Å². The van der Waals surface area contributed by atoms with E-state index in [4.69, 9.17) is 4.74 Å². The Balaban J connectivity index is 1.66. The standard InChI is InChI=1S/C22H20F2O/c1-22(23,24)16-25-15-17-7-9-19(10-8-17)21-13-11-20(12-14-21)18-5-3-2-4-6-18/h2-14H,15-16H2,1H3. The summed E-state index contributed by atoms with van der Waals surface area (Å²) in [7, 11) is 0. The normalized spacial score (nSPS) is 11.5. The highest BCUT2D eigenvalue weighted by molar-refractivity contribution is 5.70. The number of rotatable bonds is 6. The second-order valence-electron chi connectivity index (χ2n) is 6.20. The Bertz CT molecular complexity index is 788. The molecule has 0 fully saturated rings. The second kappa shape index (κ2) is 7.58. The number of hydrogen-bond acceptors (Lipinski definition) is 1. The van der Waals surface area contributed by atoms with Crippen molar-refractivity contribution in [1.29, 1.82) is 0 Å². The zero-order valence-electron chi connectivity index (χ0n) is 14.1. The molecule has 128 valence electrons. The van der Waals surface area contributed by atoms with Crippen LogP contribution in [0.4, 0.5) is 8.78 Å². The van der Waals surface area contributed by atoms with Crippen molar-refractivity contribution in [2.75, 3.05) is 6.61 Å². The molecule has 25 heavy (non-hydrogen) atoms. The first kappa shape index (κ1) is 17.3. The molecule has 0 saturated heterocycles. The van der Waals surface area contributed by atoms with Crippen LogP contribution in [0.25, 0.3) is 22.3 Å². The number of hydrogen-bond donors (Lipinski definition) is 0. The van der Waals surface area contributed by atoms with Crippen LogP contribution in [0.5, 0.6) is 0 Å². The van der Waals surface area contributed by atoms with Crippen molar-refractivity contribution in [3.05, 3.63) is 84.4 Å². The molecule has 3 aromatic carbocycles. The average Bonchev–Trinajstić information content (AvgIpc) is 2.62. The summed E-state index contributed by atoms with van der Waals surface area (Å²) in [6.07, 6.45) is 0. The van der Waals surface area contributed by atoms with E-state index in [2.05, 4.69) is 36.4 Å². The molecule has 0 aromatic heterocycles. The molecule has 0 N–H and O–H groups in total. The van der Waals surface area contributed by atoms with Gasteiger partial charge >= 0.3 is 0 Å². The molecule has 0 saturated carbocycles. The van der Waals surface area contributed by atoms with Crippen LogP contribution < -0.4 is 0 Å². The van der Waals surface area contributed by atoms with Crippen LogP contribution in [0, 0.1) is 0 Å². The molecule has 0 spiro atoms. The lowest BCUT2D eigenvalue weighted by Gasteiger charge is -2.11. The maximum atomic E-state index is 12.7. The molecule has 0 radical (unpaired) electrons. The third-order valence-electron chi connectivity index (χ3n) is 3.90. The van der Waals surface area contributed by atoms with Gasteiger partial charge in [0.05, 0.1) is 6.61 Å². The first-order valence-corrected chi connectivity index (χ1v) is 8.22. The fraction of sp³-hybridized carbons (Fsp3) is 0.182. The van der Waals surface area contributed by atoms with Crippen LogP contribution in [-0.4, -0.2) is 12.5 Å². The Morgan fingerprint density at radius 1 is 0.680 bits per heavy atom. The maximum Gasteiger partial charge on any atom is 0.268 e. The van der Waals surface area contributed by atoms with Crippen molar-refractivity contribution >= 4 is 0 Å². The molecule has 0 aliphatic carbocycles. The fourth-order valence-corrected chi connectivity index (χ4v) is 2.63. The molecule has 0 bridgehead atoms. The van der Waals surface area contributed by atoms with E-state index in [1.165, 1.54) is 11.1 Å². The molecule has 0 aliphatic rings. The predicted octanol–water partition coefficient (Wildman–Crippen LogP) is 6.19. The Hall–Kier alpha value is -2.52. The van der Waals surface area contributed by atoms with Crippen LogP contribution in [0.15, 0.2) is 78.9 Å².